The summed E-state index contributed by atoms with van der Waals surface area (Å²) in [7, 11) is 1.52. The van der Waals surface area contributed by atoms with Gasteiger partial charge in [-0.3, -0.25) is 9.59 Å². The van der Waals surface area contributed by atoms with Crippen molar-refractivity contribution in [2.24, 2.45) is 0 Å². The van der Waals surface area contributed by atoms with Gasteiger partial charge in [0.2, 0.25) is 5.91 Å². The highest BCUT2D eigenvalue weighted by molar-refractivity contribution is 7.08. The maximum Gasteiger partial charge on any atom is 0.252 e. The average Bonchev–Trinajstić information content (AvgIpc) is 3.07. The van der Waals surface area contributed by atoms with Gasteiger partial charge in [0.15, 0.2) is 0 Å². The van der Waals surface area contributed by atoms with Crippen molar-refractivity contribution in [3.05, 3.63) is 46.2 Å². The Kier molecular flexibility index (Phi) is 5.27. The molecule has 1 aliphatic heterocycles. The molecule has 0 saturated heterocycles. The summed E-state index contributed by atoms with van der Waals surface area (Å²) in [6, 6.07) is 7.71. The second kappa shape index (κ2) is 7.59. The van der Waals surface area contributed by atoms with Crippen LogP contribution in [0.3, 0.4) is 0 Å². The van der Waals surface area contributed by atoms with Crippen LogP contribution in [-0.4, -0.2) is 32.1 Å². The van der Waals surface area contributed by atoms with Gasteiger partial charge < -0.3 is 15.0 Å². The number of fused-ring (bicyclic) bond motifs is 1. The molecule has 0 saturated carbocycles. The summed E-state index contributed by atoms with van der Waals surface area (Å²) in [6.07, 6.45) is 2.23. The van der Waals surface area contributed by atoms with Crippen LogP contribution in [0, 0.1) is 0 Å². The molecule has 1 N–H and O–H groups in total. The summed E-state index contributed by atoms with van der Waals surface area (Å²) in [5.41, 5.74) is 3.72. The fourth-order valence-corrected chi connectivity index (χ4v) is 3.57. The predicted molar refractivity (Wildman–Crippen MR) is 95.6 cm³/mol. The molecule has 0 fully saturated rings. The van der Waals surface area contributed by atoms with Crippen molar-refractivity contribution in [2.45, 2.75) is 19.3 Å². The van der Waals surface area contributed by atoms with E-state index in [1.807, 2.05) is 35.0 Å². The number of carbonyl (C=O) groups excluding carboxylic acids is 2. The van der Waals surface area contributed by atoms with Crippen LogP contribution in [0.1, 0.15) is 17.5 Å². The number of aryl methyl sites for hydroxylation is 1. The molecule has 2 amide bonds. The lowest BCUT2D eigenvalue weighted by Crippen LogP contribution is -2.37. The topological polar surface area (TPSA) is 58.6 Å². The fraction of sp³-hybridized carbons (Fsp3) is 0.333. The molecule has 5 nitrogen and oxygen atoms in total. The van der Waals surface area contributed by atoms with Crippen molar-refractivity contribution in [3.63, 3.8) is 0 Å². The Bertz CT molecular complexity index is 728. The molecule has 0 unspecified atom stereocenters. The third kappa shape index (κ3) is 3.83. The molecular weight excluding hydrogens is 324 g/mol. The summed E-state index contributed by atoms with van der Waals surface area (Å²) < 4.78 is 4.97. The van der Waals surface area contributed by atoms with E-state index in [1.165, 1.54) is 7.11 Å². The zero-order valence-corrected chi connectivity index (χ0v) is 14.4. The number of nitrogens with zero attached hydrogens (tertiary/aromatic N) is 1. The highest BCUT2D eigenvalue weighted by Crippen LogP contribution is 2.30. The summed E-state index contributed by atoms with van der Waals surface area (Å²) in [5.74, 6) is -0.112. The van der Waals surface area contributed by atoms with E-state index in [2.05, 4.69) is 5.32 Å². The molecule has 2 aromatic rings. The van der Waals surface area contributed by atoms with Gasteiger partial charge in [-0.1, -0.05) is 6.07 Å². The summed E-state index contributed by atoms with van der Waals surface area (Å²) >= 11 is 1.58. The predicted octanol–water partition coefficient (Wildman–Crippen LogP) is 2.85. The third-order valence-corrected chi connectivity index (χ3v) is 4.73. The number of amides is 2. The van der Waals surface area contributed by atoms with Crippen LogP contribution >= 0.6 is 11.3 Å². The second-order valence-electron chi connectivity index (χ2n) is 5.78. The van der Waals surface area contributed by atoms with Gasteiger partial charge in [0.25, 0.3) is 5.91 Å². The number of anilines is 2. The van der Waals surface area contributed by atoms with Crippen molar-refractivity contribution >= 4 is 34.5 Å². The zero-order chi connectivity index (χ0) is 16.9. The van der Waals surface area contributed by atoms with Gasteiger partial charge in [-0.05, 0) is 52.9 Å². The largest absolute Gasteiger partial charge is 0.375 e. The maximum atomic E-state index is 12.2. The first-order valence-electron chi connectivity index (χ1n) is 7.90. The molecular formula is C18H20N2O3S. The van der Waals surface area contributed by atoms with Gasteiger partial charge in [0, 0.05) is 25.0 Å². The van der Waals surface area contributed by atoms with Crippen LogP contribution in [0.4, 0.5) is 11.4 Å². The Morgan fingerprint density at radius 2 is 2.21 bits per heavy atom. The molecule has 126 valence electrons. The van der Waals surface area contributed by atoms with E-state index >= 15 is 0 Å². The number of ether oxygens (including phenoxy) is 1. The van der Waals surface area contributed by atoms with E-state index in [0.717, 1.165) is 29.7 Å². The minimum atomic E-state index is -0.0565. The van der Waals surface area contributed by atoms with E-state index < -0.39 is 0 Å². The quantitative estimate of drug-likeness (QED) is 0.907. The van der Waals surface area contributed by atoms with Crippen LogP contribution in [0.5, 0.6) is 0 Å². The molecule has 0 bridgehead atoms. The molecule has 0 atom stereocenters. The first-order chi connectivity index (χ1) is 11.7. The van der Waals surface area contributed by atoms with Crippen molar-refractivity contribution in [1.82, 2.24) is 0 Å². The minimum Gasteiger partial charge on any atom is -0.375 e. The Morgan fingerprint density at radius 3 is 2.96 bits per heavy atom. The van der Waals surface area contributed by atoms with Gasteiger partial charge in [0.05, 0.1) is 6.42 Å². The SMILES string of the molecule is COCC(=O)N1CCCc2ccc(NC(=O)Cc3ccsc3)cc21. The zero-order valence-electron chi connectivity index (χ0n) is 13.6. The highest BCUT2D eigenvalue weighted by atomic mass is 32.1. The minimum absolute atomic E-state index is 0.0554. The molecule has 0 aliphatic carbocycles. The summed E-state index contributed by atoms with van der Waals surface area (Å²) in [5, 5.41) is 6.85. The Morgan fingerprint density at radius 1 is 1.33 bits per heavy atom. The van der Waals surface area contributed by atoms with Gasteiger partial charge in [-0.2, -0.15) is 11.3 Å². The van der Waals surface area contributed by atoms with Crippen LogP contribution in [0.2, 0.25) is 0 Å². The monoisotopic (exact) mass is 344 g/mol. The van der Waals surface area contributed by atoms with Crippen molar-refractivity contribution in [1.29, 1.82) is 0 Å². The van der Waals surface area contributed by atoms with Crippen molar-refractivity contribution in [2.75, 3.05) is 30.5 Å². The smallest absolute Gasteiger partial charge is 0.252 e. The molecule has 3 rings (SSSR count). The first kappa shape index (κ1) is 16.7. The Hall–Kier alpha value is -2.18. The van der Waals surface area contributed by atoms with Crippen LogP contribution in [0.15, 0.2) is 35.0 Å². The van der Waals surface area contributed by atoms with E-state index in [9.17, 15) is 9.59 Å². The second-order valence-corrected chi connectivity index (χ2v) is 6.56. The van der Waals surface area contributed by atoms with Gasteiger partial charge >= 0.3 is 0 Å². The van der Waals surface area contributed by atoms with E-state index in [-0.39, 0.29) is 18.4 Å². The number of hydrogen-bond donors (Lipinski definition) is 1. The molecule has 1 aromatic carbocycles. The molecule has 1 aromatic heterocycles. The molecule has 2 heterocycles. The van der Waals surface area contributed by atoms with Gasteiger partial charge in [-0.25, -0.2) is 0 Å². The number of methoxy groups -OCH3 is 1. The lowest BCUT2D eigenvalue weighted by molar-refractivity contribution is -0.122. The summed E-state index contributed by atoms with van der Waals surface area (Å²) in [6.45, 7) is 0.746. The first-order valence-corrected chi connectivity index (χ1v) is 8.85. The lowest BCUT2D eigenvalue weighted by Gasteiger charge is -2.29. The molecule has 1 aliphatic rings. The standard InChI is InChI=1S/C18H20N2O3S/c1-23-11-18(22)20-7-2-3-14-4-5-15(10-16(14)20)19-17(21)9-13-6-8-24-12-13/h4-6,8,10,12H,2-3,7,9,11H2,1H3,(H,19,21). The maximum absolute atomic E-state index is 12.2. The Balaban J connectivity index is 1.75. The lowest BCUT2D eigenvalue weighted by atomic mass is 10.0. The Labute approximate surface area is 145 Å². The van der Waals surface area contributed by atoms with Crippen molar-refractivity contribution in [3.8, 4) is 0 Å². The number of rotatable bonds is 5. The van der Waals surface area contributed by atoms with Crippen LogP contribution in [0.25, 0.3) is 0 Å². The van der Waals surface area contributed by atoms with E-state index in [4.69, 9.17) is 4.74 Å². The third-order valence-electron chi connectivity index (χ3n) is 4.00. The molecule has 0 radical (unpaired) electrons. The van der Waals surface area contributed by atoms with Gasteiger partial charge in [0.1, 0.15) is 6.61 Å². The van der Waals surface area contributed by atoms with Crippen LogP contribution < -0.4 is 10.2 Å². The number of benzene rings is 1. The molecule has 0 spiro atoms. The van der Waals surface area contributed by atoms with E-state index in [0.29, 0.717) is 18.7 Å². The van der Waals surface area contributed by atoms with Crippen molar-refractivity contribution < 1.29 is 14.3 Å². The highest BCUT2D eigenvalue weighted by Gasteiger charge is 2.22. The normalized spacial score (nSPS) is 13.5. The number of hydrogen-bond acceptors (Lipinski definition) is 4. The van der Waals surface area contributed by atoms with E-state index in [1.54, 1.807) is 16.2 Å². The molecule has 6 heteroatoms. The number of nitrogens with one attached hydrogen (secondary N) is 1. The fourth-order valence-electron chi connectivity index (χ4n) is 2.90. The number of carbonyl (C=O) groups is 2. The summed E-state index contributed by atoms with van der Waals surface area (Å²) in [4.78, 5) is 26.1. The number of thiophene rings is 1. The van der Waals surface area contributed by atoms with Gasteiger partial charge in [-0.15, -0.1) is 0 Å². The molecule has 24 heavy (non-hydrogen) atoms. The average molecular weight is 344 g/mol. The van der Waals surface area contributed by atoms with Crippen LogP contribution in [-0.2, 0) is 27.2 Å².